The van der Waals surface area contributed by atoms with Gasteiger partial charge < -0.3 is 10.1 Å². The Bertz CT molecular complexity index is 1230. The molecule has 1 atom stereocenters. The van der Waals surface area contributed by atoms with Crippen molar-refractivity contribution in [2.45, 2.75) is 26.3 Å². The van der Waals surface area contributed by atoms with Crippen LogP contribution in [0.25, 0.3) is 0 Å². The van der Waals surface area contributed by atoms with Crippen LogP contribution in [0.1, 0.15) is 37.4 Å². The van der Waals surface area contributed by atoms with Crippen molar-refractivity contribution < 1.29 is 23.9 Å². The molecule has 3 aromatic carbocycles. The maximum absolute atomic E-state index is 13.1. The number of benzene rings is 3. The Kier molecular flexibility index (Phi) is 6.54. The normalized spacial score (nSPS) is 13.4. The first kappa shape index (κ1) is 22.9. The Labute approximate surface area is 197 Å². The van der Waals surface area contributed by atoms with Crippen LogP contribution in [0.3, 0.4) is 0 Å². The van der Waals surface area contributed by atoms with Crippen LogP contribution >= 0.6 is 0 Å². The number of rotatable bonds is 7. The van der Waals surface area contributed by atoms with E-state index in [4.69, 9.17) is 4.74 Å². The number of aryl methyl sites for hydroxylation is 2. The molecule has 4 rings (SSSR count). The SMILES string of the molecule is Cc1ccc(C)c(NC(=O)COC(=O)[C@H](Cc2ccccc2)N2C(=O)c3ccccc3C2=O)c1. The maximum atomic E-state index is 13.1. The van der Waals surface area contributed by atoms with E-state index >= 15 is 0 Å². The fourth-order valence-electron chi connectivity index (χ4n) is 3.90. The summed E-state index contributed by atoms with van der Waals surface area (Å²) in [5.41, 5.74) is 3.71. The van der Waals surface area contributed by atoms with Crippen molar-refractivity contribution >= 4 is 29.4 Å². The standard InChI is InChI=1S/C27H24N2O5/c1-17-12-13-18(2)22(14-17)28-24(30)16-34-27(33)23(15-19-8-4-3-5-9-19)29-25(31)20-10-6-7-11-21(20)26(29)32/h3-14,23H,15-16H2,1-2H3,(H,28,30)/t23-/m0/s1. The Morgan fingerprint density at radius 3 is 2.15 bits per heavy atom. The van der Waals surface area contributed by atoms with Gasteiger partial charge in [0.25, 0.3) is 17.7 Å². The molecule has 7 nitrogen and oxygen atoms in total. The number of esters is 1. The van der Waals surface area contributed by atoms with Crippen LogP contribution in [0.4, 0.5) is 5.69 Å². The van der Waals surface area contributed by atoms with Crippen LogP contribution in [0.2, 0.25) is 0 Å². The highest BCUT2D eigenvalue weighted by Crippen LogP contribution is 2.26. The molecule has 1 N–H and O–H groups in total. The lowest BCUT2D eigenvalue weighted by atomic mass is 10.0. The molecule has 7 heteroatoms. The molecule has 0 spiro atoms. The molecule has 3 amide bonds. The van der Waals surface area contributed by atoms with Gasteiger partial charge in [0.2, 0.25) is 0 Å². The van der Waals surface area contributed by atoms with E-state index in [0.717, 1.165) is 21.6 Å². The average molecular weight is 456 g/mol. The quantitative estimate of drug-likeness (QED) is 0.432. The summed E-state index contributed by atoms with van der Waals surface area (Å²) in [7, 11) is 0. The summed E-state index contributed by atoms with van der Waals surface area (Å²) < 4.78 is 5.29. The van der Waals surface area contributed by atoms with Gasteiger partial charge in [0.05, 0.1) is 11.1 Å². The molecule has 1 heterocycles. The zero-order valence-corrected chi connectivity index (χ0v) is 18.9. The molecule has 1 aliphatic heterocycles. The number of amides is 3. The van der Waals surface area contributed by atoms with Crippen molar-refractivity contribution in [3.63, 3.8) is 0 Å². The van der Waals surface area contributed by atoms with Gasteiger partial charge in [0, 0.05) is 12.1 Å². The largest absolute Gasteiger partial charge is 0.454 e. The van der Waals surface area contributed by atoms with Crippen molar-refractivity contribution in [3.8, 4) is 0 Å². The fraction of sp³-hybridized carbons (Fsp3) is 0.185. The van der Waals surface area contributed by atoms with E-state index in [1.807, 2.05) is 38.1 Å². The highest BCUT2D eigenvalue weighted by atomic mass is 16.5. The smallest absolute Gasteiger partial charge is 0.330 e. The van der Waals surface area contributed by atoms with E-state index in [-0.39, 0.29) is 17.5 Å². The number of hydrogen-bond donors (Lipinski definition) is 1. The van der Waals surface area contributed by atoms with E-state index in [9.17, 15) is 19.2 Å². The first-order valence-corrected chi connectivity index (χ1v) is 10.9. The van der Waals surface area contributed by atoms with Gasteiger partial charge in [-0.25, -0.2) is 4.79 Å². The predicted octanol–water partition coefficient (Wildman–Crippen LogP) is 3.69. The third kappa shape index (κ3) is 4.73. The van der Waals surface area contributed by atoms with Gasteiger partial charge in [-0.15, -0.1) is 0 Å². The average Bonchev–Trinajstić information content (AvgIpc) is 3.09. The number of fused-ring (bicyclic) bond motifs is 1. The summed E-state index contributed by atoms with van der Waals surface area (Å²) >= 11 is 0. The van der Waals surface area contributed by atoms with Crippen LogP contribution in [0, 0.1) is 13.8 Å². The molecule has 0 bridgehead atoms. The Morgan fingerprint density at radius 2 is 1.50 bits per heavy atom. The lowest BCUT2D eigenvalue weighted by Gasteiger charge is -2.24. The lowest BCUT2D eigenvalue weighted by molar-refractivity contribution is -0.151. The second-order valence-electron chi connectivity index (χ2n) is 8.21. The van der Waals surface area contributed by atoms with Gasteiger partial charge >= 0.3 is 5.97 Å². The van der Waals surface area contributed by atoms with Gasteiger partial charge in [-0.05, 0) is 48.7 Å². The molecular weight excluding hydrogens is 432 g/mol. The Balaban J connectivity index is 1.52. The highest BCUT2D eigenvalue weighted by Gasteiger charge is 2.43. The van der Waals surface area contributed by atoms with Gasteiger partial charge in [-0.1, -0.05) is 54.6 Å². The zero-order valence-electron chi connectivity index (χ0n) is 18.9. The van der Waals surface area contributed by atoms with Crippen molar-refractivity contribution in [1.82, 2.24) is 4.90 Å². The van der Waals surface area contributed by atoms with Crippen LogP contribution in [-0.4, -0.2) is 41.2 Å². The minimum atomic E-state index is -1.21. The summed E-state index contributed by atoms with van der Waals surface area (Å²) in [5, 5.41) is 2.73. The predicted molar refractivity (Wildman–Crippen MR) is 126 cm³/mol. The number of carbonyl (C=O) groups is 4. The van der Waals surface area contributed by atoms with E-state index in [1.54, 1.807) is 48.5 Å². The van der Waals surface area contributed by atoms with Gasteiger partial charge in [-0.2, -0.15) is 0 Å². The van der Waals surface area contributed by atoms with Gasteiger partial charge in [0.1, 0.15) is 6.04 Å². The molecule has 0 aliphatic carbocycles. The highest BCUT2D eigenvalue weighted by molar-refractivity contribution is 6.22. The number of carbonyl (C=O) groups excluding carboxylic acids is 4. The van der Waals surface area contributed by atoms with E-state index in [2.05, 4.69) is 5.32 Å². The third-order valence-electron chi connectivity index (χ3n) is 5.69. The number of nitrogens with one attached hydrogen (secondary N) is 1. The molecule has 1 aliphatic rings. The monoisotopic (exact) mass is 456 g/mol. The van der Waals surface area contributed by atoms with Crippen LogP contribution in [0.15, 0.2) is 72.8 Å². The van der Waals surface area contributed by atoms with Crippen LogP contribution in [0.5, 0.6) is 0 Å². The number of nitrogens with zero attached hydrogens (tertiary/aromatic N) is 1. The number of hydrogen-bond acceptors (Lipinski definition) is 5. The molecule has 3 aromatic rings. The third-order valence-corrected chi connectivity index (χ3v) is 5.69. The van der Waals surface area contributed by atoms with Gasteiger partial charge in [0.15, 0.2) is 6.61 Å². The Hall–Kier alpha value is -4.26. The molecule has 34 heavy (non-hydrogen) atoms. The molecule has 0 unspecified atom stereocenters. The van der Waals surface area contributed by atoms with E-state index in [0.29, 0.717) is 5.69 Å². The molecule has 0 radical (unpaired) electrons. The van der Waals surface area contributed by atoms with Crippen molar-refractivity contribution in [2.24, 2.45) is 0 Å². The van der Waals surface area contributed by atoms with Crippen molar-refractivity contribution in [2.75, 3.05) is 11.9 Å². The second kappa shape index (κ2) is 9.70. The first-order chi connectivity index (χ1) is 16.3. The number of ether oxygens (including phenoxy) is 1. The minimum absolute atomic E-state index is 0.0732. The summed E-state index contributed by atoms with van der Waals surface area (Å²) in [6.45, 7) is 3.23. The minimum Gasteiger partial charge on any atom is -0.454 e. The Morgan fingerprint density at radius 1 is 0.882 bits per heavy atom. The molecular formula is C27H24N2O5. The molecule has 172 valence electrons. The summed E-state index contributed by atoms with van der Waals surface area (Å²) in [6.07, 6.45) is 0.0732. The molecule has 0 saturated heterocycles. The van der Waals surface area contributed by atoms with E-state index in [1.165, 1.54) is 0 Å². The van der Waals surface area contributed by atoms with Crippen LogP contribution in [-0.2, 0) is 20.7 Å². The van der Waals surface area contributed by atoms with Gasteiger partial charge in [-0.3, -0.25) is 19.3 Å². The summed E-state index contributed by atoms with van der Waals surface area (Å²) in [4.78, 5) is 52.5. The molecule has 0 saturated carbocycles. The maximum Gasteiger partial charge on any atom is 0.330 e. The molecule has 0 aromatic heterocycles. The van der Waals surface area contributed by atoms with Crippen molar-refractivity contribution in [3.05, 3.63) is 101 Å². The number of anilines is 1. The summed E-state index contributed by atoms with van der Waals surface area (Å²) in [6, 6.07) is 19.9. The lowest BCUT2D eigenvalue weighted by Crippen LogP contribution is -2.47. The zero-order chi connectivity index (χ0) is 24.2. The summed E-state index contributed by atoms with van der Waals surface area (Å²) in [5.74, 6) is -2.45. The van der Waals surface area contributed by atoms with Crippen LogP contribution < -0.4 is 5.32 Å². The van der Waals surface area contributed by atoms with E-state index < -0.39 is 36.3 Å². The molecule has 0 fully saturated rings. The number of imide groups is 1. The fourth-order valence-corrected chi connectivity index (χ4v) is 3.90. The first-order valence-electron chi connectivity index (χ1n) is 10.9. The topological polar surface area (TPSA) is 92.8 Å². The second-order valence-corrected chi connectivity index (χ2v) is 8.21. The van der Waals surface area contributed by atoms with Crippen molar-refractivity contribution in [1.29, 1.82) is 0 Å².